The minimum atomic E-state index is -0.891. The summed E-state index contributed by atoms with van der Waals surface area (Å²) in [6, 6.07) is -0.891. The standard InChI is InChI=1S/C6H8N2O3/c1-3-5(4(7)2-9)6(10)8-11-3/h2,4H,7H2,1H3,(H,8,10)/t4-/m0/s1. The summed E-state index contributed by atoms with van der Waals surface area (Å²) in [7, 11) is 0. The Kier molecular flexibility index (Phi) is 1.91. The predicted molar refractivity (Wildman–Crippen MR) is 37.1 cm³/mol. The molecule has 0 saturated carbocycles. The lowest BCUT2D eigenvalue weighted by Gasteiger charge is -1.96. The molecule has 1 aromatic heterocycles. The Hall–Kier alpha value is -1.36. The number of carbonyl (C=O) groups excluding carboxylic acids is 1. The molecule has 0 saturated heterocycles. The molecule has 5 nitrogen and oxygen atoms in total. The zero-order valence-corrected chi connectivity index (χ0v) is 5.96. The van der Waals surface area contributed by atoms with Gasteiger partial charge in [-0.05, 0) is 6.92 Å². The Bertz CT molecular complexity index is 312. The third kappa shape index (κ3) is 1.22. The molecule has 0 aliphatic carbocycles. The van der Waals surface area contributed by atoms with E-state index in [1.165, 1.54) is 0 Å². The van der Waals surface area contributed by atoms with Crippen LogP contribution in [0, 0.1) is 6.92 Å². The van der Waals surface area contributed by atoms with Gasteiger partial charge in [-0.2, -0.15) is 5.16 Å². The first-order valence-corrected chi connectivity index (χ1v) is 3.05. The second-order valence-electron chi connectivity index (χ2n) is 2.16. The van der Waals surface area contributed by atoms with Crippen molar-refractivity contribution < 1.29 is 9.32 Å². The Balaban J connectivity index is 3.20. The summed E-state index contributed by atoms with van der Waals surface area (Å²) >= 11 is 0. The summed E-state index contributed by atoms with van der Waals surface area (Å²) < 4.78 is 4.64. The smallest absolute Gasteiger partial charge is 0.285 e. The summed E-state index contributed by atoms with van der Waals surface area (Å²) in [6.07, 6.45) is 0.493. The maximum absolute atomic E-state index is 10.9. The second-order valence-corrected chi connectivity index (χ2v) is 2.16. The first-order chi connectivity index (χ1) is 5.16. The number of rotatable bonds is 2. The van der Waals surface area contributed by atoms with E-state index >= 15 is 0 Å². The number of H-pyrrole nitrogens is 1. The third-order valence-corrected chi connectivity index (χ3v) is 1.40. The largest absolute Gasteiger partial charge is 0.383 e. The summed E-state index contributed by atoms with van der Waals surface area (Å²) in [6.45, 7) is 1.57. The van der Waals surface area contributed by atoms with Crippen molar-refractivity contribution >= 4 is 6.29 Å². The van der Waals surface area contributed by atoms with Crippen LogP contribution in [0.5, 0.6) is 0 Å². The van der Waals surface area contributed by atoms with E-state index in [1.54, 1.807) is 6.92 Å². The lowest BCUT2D eigenvalue weighted by molar-refractivity contribution is -0.109. The maximum Gasteiger partial charge on any atom is 0.285 e. The first kappa shape index (κ1) is 7.74. The molecule has 0 aliphatic rings. The highest BCUT2D eigenvalue weighted by Crippen LogP contribution is 2.06. The van der Waals surface area contributed by atoms with Gasteiger partial charge in [0.25, 0.3) is 5.56 Å². The van der Waals surface area contributed by atoms with Gasteiger partial charge in [0.05, 0.1) is 11.6 Å². The van der Waals surface area contributed by atoms with Crippen molar-refractivity contribution in [3.63, 3.8) is 0 Å². The molecule has 1 rings (SSSR count). The van der Waals surface area contributed by atoms with Crippen LogP contribution in [0.15, 0.2) is 9.32 Å². The average Bonchev–Trinajstić information content (AvgIpc) is 2.30. The maximum atomic E-state index is 10.9. The van der Waals surface area contributed by atoms with Gasteiger partial charge in [-0.25, -0.2) is 0 Å². The van der Waals surface area contributed by atoms with Gasteiger partial charge in [-0.1, -0.05) is 0 Å². The Morgan fingerprint density at radius 2 is 2.36 bits per heavy atom. The van der Waals surface area contributed by atoms with Crippen LogP contribution in [-0.2, 0) is 4.79 Å². The van der Waals surface area contributed by atoms with Crippen LogP contribution in [0.2, 0.25) is 0 Å². The molecule has 11 heavy (non-hydrogen) atoms. The number of aldehydes is 1. The summed E-state index contributed by atoms with van der Waals surface area (Å²) in [5.41, 5.74) is 5.04. The van der Waals surface area contributed by atoms with E-state index in [0.717, 1.165) is 0 Å². The van der Waals surface area contributed by atoms with E-state index in [0.29, 0.717) is 12.0 Å². The number of aromatic amines is 1. The van der Waals surface area contributed by atoms with Gasteiger partial charge in [-0.3, -0.25) is 4.79 Å². The van der Waals surface area contributed by atoms with Crippen LogP contribution < -0.4 is 11.3 Å². The Morgan fingerprint density at radius 1 is 1.73 bits per heavy atom. The van der Waals surface area contributed by atoms with Crippen molar-refractivity contribution in [3.05, 3.63) is 21.7 Å². The van der Waals surface area contributed by atoms with Crippen LogP contribution in [0.25, 0.3) is 0 Å². The van der Waals surface area contributed by atoms with Crippen LogP contribution in [0.4, 0.5) is 0 Å². The molecular weight excluding hydrogens is 148 g/mol. The number of aromatic nitrogens is 1. The van der Waals surface area contributed by atoms with E-state index < -0.39 is 11.6 Å². The SMILES string of the molecule is Cc1o[nH]c(=O)c1[C@@H](N)C=O. The van der Waals surface area contributed by atoms with E-state index in [4.69, 9.17) is 5.73 Å². The highest BCUT2D eigenvalue weighted by atomic mass is 16.5. The molecular formula is C6H8N2O3. The van der Waals surface area contributed by atoms with Gasteiger partial charge in [-0.15, -0.1) is 0 Å². The molecule has 0 aromatic carbocycles. The van der Waals surface area contributed by atoms with Crippen molar-refractivity contribution in [2.45, 2.75) is 13.0 Å². The number of aryl methyl sites for hydroxylation is 1. The van der Waals surface area contributed by atoms with Gasteiger partial charge >= 0.3 is 0 Å². The fourth-order valence-corrected chi connectivity index (χ4v) is 0.847. The minimum absolute atomic E-state index is 0.194. The van der Waals surface area contributed by atoms with Crippen molar-refractivity contribution in [2.75, 3.05) is 0 Å². The van der Waals surface area contributed by atoms with Gasteiger partial charge in [0.15, 0.2) is 0 Å². The van der Waals surface area contributed by atoms with Crippen LogP contribution in [-0.4, -0.2) is 11.4 Å². The summed E-state index contributed by atoms with van der Waals surface area (Å²) in [4.78, 5) is 21.0. The normalized spacial score (nSPS) is 12.9. The molecule has 0 amide bonds. The van der Waals surface area contributed by atoms with Crippen molar-refractivity contribution in [3.8, 4) is 0 Å². The first-order valence-electron chi connectivity index (χ1n) is 3.05. The molecule has 0 aliphatic heterocycles. The van der Waals surface area contributed by atoms with Crippen molar-refractivity contribution in [2.24, 2.45) is 5.73 Å². The minimum Gasteiger partial charge on any atom is -0.383 e. The van der Waals surface area contributed by atoms with Crippen LogP contribution in [0.1, 0.15) is 17.4 Å². The highest BCUT2D eigenvalue weighted by molar-refractivity contribution is 5.60. The fourth-order valence-electron chi connectivity index (χ4n) is 0.847. The third-order valence-electron chi connectivity index (χ3n) is 1.40. The number of hydrogen-bond donors (Lipinski definition) is 2. The van der Waals surface area contributed by atoms with E-state index in [2.05, 4.69) is 9.68 Å². The van der Waals surface area contributed by atoms with Crippen LogP contribution in [0.3, 0.4) is 0 Å². The summed E-state index contributed by atoms with van der Waals surface area (Å²) in [5.74, 6) is 0.356. The highest BCUT2D eigenvalue weighted by Gasteiger charge is 2.15. The molecule has 1 aromatic rings. The van der Waals surface area contributed by atoms with Gasteiger partial charge in [0.1, 0.15) is 12.0 Å². The molecule has 5 heteroatoms. The molecule has 1 heterocycles. The molecule has 0 unspecified atom stereocenters. The number of carbonyl (C=O) groups is 1. The number of nitrogens with one attached hydrogen (secondary N) is 1. The fraction of sp³-hybridized carbons (Fsp3) is 0.333. The molecule has 60 valence electrons. The Labute approximate surface area is 62.2 Å². The monoisotopic (exact) mass is 156 g/mol. The summed E-state index contributed by atoms with van der Waals surface area (Å²) in [5, 5.41) is 2.08. The number of nitrogens with two attached hydrogens (primary N) is 1. The van der Waals surface area contributed by atoms with E-state index in [1.807, 2.05) is 0 Å². The zero-order chi connectivity index (χ0) is 8.43. The topological polar surface area (TPSA) is 89.1 Å². The molecule has 1 atom stereocenters. The van der Waals surface area contributed by atoms with Gasteiger partial charge in [0, 0.05) is 0 Å². The molecule has 0 bridgehead atoms. The van der Waals surface area contributed by atoms with E-state index in [9.17, 15) is 9.59 Å². The van der Waals surface area contributed by atoms with E-state index in [-0.39, 0.29) is 5.56 Å². The number of hydrogen-bond acceptors (Lipinski definition) is 4. The lowest BCUT2D eigenvalue weighted by Crippen LogP contribution is -2.19. The average molecular weight is 156 g/mol. The lowest BCUT2D eigenvalue weighted by atomic mass is 10.1. The van der Waals surface area contributed by atoms with Crippen molar-refractivity contribution in [1.82, 2.24) is 5.16 Å². The molecule has 0 fully saturated rings. The van der Waals surface area contributed by atoms with Gasteiger partial charge < -0.3 is 15.1 Å². The van der Waals surface area contributed by atoms with Gasteiger partial charge in [0.2, 0.25) is 0 Å². The molecule has 0 spiro atoms. The molecule has 0 radical (unpaired) electrons. The second kappa shape index (κ2) is 2.71. The van der Waals surface area contributed by atoms with Crippen LogP contribution >= 0.6 is 0 Å². The predicted octanol–water partition coefficient (Wildman–Crippen LogP) is -0.525. The Morgan fingerprint density at radius 3 is 2.73 bits per heavy atom. The zero-order valence-electron chi connectivity index (χ0n) is 5.96. The molecule has 3 N–H and O–H groups in total. The van der Waals surface area contributed by atoms with Crippen molar-refractivity contribution in [1.29, 1.82) is 0 Å². The quantitative estimate of drug-likeness (QED) is 0.563.